The zero-order valence-electron chi connectivity index (χ0n) is 12.6. The van der Waals surface area contributed by atoms with Crippen molar-refractivity contribution < 1.29 is 14.3 Å². The summed E-state index contributed by atoms with van der Waals surface area (Å²) in [5.41, 5.74) is -0.346. The second-order valence-electron chi connectivity index (χ2n) is 6.86. The van der Waals surface area contributed by atoms with Crippen LogP contribution in [0.3, 0.4) is 0 Å². The van der Waals surface area contributed by atoms with E-state index in [4.69, 9.17) is 9.47 Å². The van der Waals surface area contributed by atoms with Crippen molar-refractivity contribution in [2.45, 2.75) is 63.6 Å². The van der Waals surface area contributed by atoms with Gasteiger partial charge >= 0.3 is 5.97 Å². The third-order valence-corrected chi connectivity index (χ3v) is 5.64. The molecular weight excluding hydrogens is 252 g/mol. The average Bonchev–Trinajstić information content (AvgIpc) is 2.47. The van der Waals surface area contributed by atoms with Gasteiger partial charge in [-0.25, -0.2) is 0 Å². The third kappa shape index (κ3) is 2.41. The number of hydrogen-bond donors (Lipinski definition) is 0. The second kappa shape index (κ2) is 5.51. The van der Waals surface area contributed by atoms with Crippen LogP contribution in [0, 0.1) is 17.8 Å². The minimum atomic E-state index is -0.346. The summed E-state index contributed by atoms with van der Waals surface area (Å²) in [6.45, 7) is 2.13. The van der Waals surface area contributed by atoms with Gasteiger partial charge in [-0.15, -0.1) is 0 Å². The molecule has 1 aliphatic heterocycles. The van der Waals surface area contributed by atoms with Crippen molar-refractivity contribution >= 4 is 5.97 Å². The summed E-state index contributed by atoms with van der Waals surface area (Å²) >= 11 is 0. The molecule has 3 nitrogen and oxygen atoms in total. The predicted octanol–water partition coefficient (Wildman–Crippen LogP) is 3.48. The summed E-state index contributed by atoms with van der Waals surface area (Å²) in [6.07, 6.45) is 12.7. The van der Waals surface area contributed by atoms with Gasteiger partial charge in [0.2, 0.25) is 0 Å². The van der Waals surface area contributed by atoms with E-state index in [1.807, 2.05) is 0 Å². The molecule has 0 aromatic rings. The van der Waals surface area contributed by atoms with Gasteiger partial charge in [0.25, 0.3) is 0 Å². The van der Waals surface area contributed by atoms with Crippen LogP contribution in [0.5, 0.6) is 0 Å². The lowest BCUT2D eigenvalue weighted by Crippen LogP contribution is -2.56. The number of carbonyl (C=O) groups is 1. The third-order valence-electron chi connectivity index (χ3n) is 5.64. The van der Waals surface area contributed by atoms with Crippen LogP contribution in [0.1, 0.15) is 51.9 Å². The van der Waals surface area contributed by atoms with Gasteiger partial charge in [-0.1, -0.05) is 25.0 Å². The van der Waals surface area contributed by atoms with Crippen molar-refractivity contribution in [2.24, 2.45) is 17.8 Å². The predicted molar refractivity (Wildman–Crippen MR) is 77.2 cm³/mol. The van der Waals surface area contributed by atoms with E-state index < -0.39 is 0 Å². The summed E-state index contributed by atoms with van der Waals surface area (Å²) < 4.78 is 11.4. The highest BCUT2D eigenvalue weighted by Gasteiger charge is 2.52. The Morgan fingerprint density at radius 1 is 1.35 bits per heavy atom. The maximum atomic E-state index is 11.8. The van der Waals surface area contributed by atoms with Crippen LogP contribution in [-0.2, 0) is 14.3 Å². The molecular formula is C17H26O3. The molecule has 0 amide bonds. The zero-order chi connectivity index (χ0) is 14.2. The Morgan fingerprint density at radius 2 is 2.15 bits per heavy atom. The Morgan fingerprint density at radius 3 is 2.95 bits per heavy atom. The Bertz CT molecular complexity index is 403. The van der Waals surface area contributed by atoms with Gasteiger partial charge in [0, 0.05) is 0 Å². The quantitative estimate of drug-likeness (QED) is 0.573. The topological polar surface area (TPSA) is 35.5 Å². The zero-order valence-corrected chi connectivity index (χ0v) is 12.6. The van der Waals surface area contributed by atoms with Gasteiger partial charge in [0.1, 0.15) is 0 Å². The summed E-state index contributed by atoms with van der Waals surface area (Å²) in [7, 11) is 1.47. The average molecular weight is 278 g/mol. The Hall–Kier alpha value is -0.830. The number of allylic oxidation sites excluding steroid dienone is 2. The highest BCUT2D eigenvalue weighted by atomic mass is 16.5. The minimum Gasteiger partial charge on any atom is -0.469 e. The van der Waals surface area contributed by atoms with Crippen LogP contribution < -0.4 is 0 Å². The first-order chi connectivity index (χ1) is 9.64. The van der Waals surface area contributed by atoms with Crippen LogP contribution in [-0.4, -0.2) is 24.8 Å². The van der Waals surface area contributed by atoms with Gasteiger partial charge < -0.3 is 9.47 Å². The van der Waals surface area contributed by atoms with Crippen LogP contribution in [0.4, 0.5) is 0 Å². The molecule has 0 aromatic carbocycles. The van der Waals surface area contributed by atoms with E-state index in [0.717, 1.165) is 19.3 Å². The summed E-state index contributed by atoms with van der Waals surface area (Å²) in [5.74, 6) is 1.58. The molecule has 20 heavy (non-hydrogen) atoms. The molecule has 0 N–H and O–H groups in total. The van der Waals surface area contributed by atoms with Crippen molar-refractivity contribution in [2.75, 3.05) is 7.11 Å². The van der Waals surface area contributed by atoms with E-state index in [2.05, 4.69) is 19.1 Å². The van der Waals surface area contributed by atoms with Gasteiger partial charge in [-0.05, 0) is 50.4 Å². The fourth-order valence-corrected chi connectivity index (χ4v) is 4.69. The largest absolute Gasteiger partial charge is 0.469 e. The van der Waals surface area contributed by atoms with E-state index in [1.54, 1.807) is 0 Å². The molecule has 1 heterocycles. The fraction of sp³-hybridized carbons (Fsp3) is 0.824. The maximum absolute atomic E-state index is 11.8. The van der Waals surface area contributed by atoms with Crippen molar-refractivity contribution in [1.29, 1.82) is 0 Å². The highest BCUT2D eigenvalue weighted by molar-refractivity contribution is 5.70. The first-order valence-electron chi connectivity index (χ1n) is 8.05. The molecule has 0 radical (unpaired) electrons. The van der Waals surface area contributed by atoms with E-state index in [9.17, 15) is 4.79 Å². The van der Waals surface area contributed by atoms with E-state index in [0.29, 0.717) is 30.3 Å². The number of esters is 1. The lowest BCUT2D eigenvalue weighted by atomic mass is 9.61. The number of carbonyl (C=O) groups excluding carboxylic acids is 1. The molecule has 1 saturated carbocycles. The highest BCUT2D eigenvalue weighted by Crippen LogP contribution is 2.51. The smallest absolute Gasteiger partial charge is 0.308 e. The lowest BCUT2D eigenvalue weighted by molar-refractivity contribution is -0.213. The van der Waals surface area contributed by atoms with Crippen LogP contribution >= 0.6 is 0 Å². The molecule has 0 aromatic heterocycles. The number of rotatable bonds is 2. The maximum Gasteiger partial charge on any atom is 0.308 e. The van der Waals surface area contributed by atoms with Crippen LogP contribution in [0.2, 0.25) is 0 Å². The summed E-state index contributed by atoms with van der Waals surface area (Å²) in [5, 5.41) is 0. The first kappa shape index (κ1) is 14.1. The van der Waals surface area contributed by atoms with Crippen molar-refractivity contribution in [1.82, 2.24) is 0 Å². The molecule has 3 rings (SSSR count). The molecule has 1 saturated heterocycles. The molecule has 0 bridgehead atoms. The first-order valence-corrected chi connectivity index (χ1v) is 8.05. The SMILES string of the molecule is COC(=O)C[C@@]1(C)O[C@@H]2CCCC[C@@H]2[C@H]2C=CCC[C@@H]21. The lowest BCUT2D eigenvalue weighted by Gasteiger charge is -2.54. The molecule has 3 aliphatic rings. The number of fused-ring (bicyclic) bond motifs is 3. The number of hydrogen-bond acceptors (Lipinski definition) is 3. The normalized spacial score (nSPS) is 43.5. The summed E-state index contributed by atoms with van der Waals surface area (Å²) in [6, 6.07) is 0. The number of methoxy groups -OCH3 is 1. The van der Waals surface area contributed by atoms with Crippen molar-refractivity contribution in [3.8, 4) is 0 Å². The van der Waals surface area contributed by atoms with E-state index in [1.165, 1.54) is 26.4 Å². The molecule has 112 valence electrons. The Kier molecular flexibility index (Phi) is 3.89. The van der Waals surface area contributed by atoms with Crippen molar-refractivity contribution in [3.63, 3.8) is 0 Å². The van der Waals surface area contributed by atoms with E-state index >= 15 is 0 Å². The molecule has 2 fully saturated rings. The molecule has 2 aliphatic carbocycles. The second-order valence-corrected chi connectivity index (χ2v) is 6.86. The molecule has 5 atom stereocenters. The van der Waals surface area contributed by atoms with Gasteiger partial charge in [0.05, 0.1) is 25.2 Å². The molecule has 0 unspecified atom stereocenters. The van der Waals surface area contributed by atoms with Crippen LogP contribution in [0.15, 0.2) is 12.2 Å². The van der Waals surface area contributed by atoms with Crippen LogP contribution in [0.25, 0.3) is 0 Å². The fourth-order valence-electron chi connectivity index (χ4n) is 4.69. The Balaban J connectivity index is 1.87. The molecule has 0 spiro atoms. The monoisotopic (exact) mass is 278 g/mol. The molecule has 3 heteroatoms. The van der Waals surface area contributed by atoms with Gasteiger partial charge in [0.15, 0.2) is 0 Å². The van der Waals surface area contributed by atoms with Crippen molar-refractivity contribution in [3.05, 3.63) is 12.2 Å². The van der Waals surface area contributed by atoms with Gasteiger partial charge in [-0.2, -0.15) is 0 Å². The number of ether oxygens (including phenoxy) is 2. The standard InChI is InChI=1S/C17H26O3/c1-17(11-16(18)19-2)14-9-5-3-7-12(14)13-8-4-6-10-15(13)20-17/h3,7,12-15H,4-6,8-11H2,1-2H3/t12-,13-,14+,15-,17-/m1/s1. The Labute approximate surface area is 121 Å². The minimum absolute atomic E-state index is 0.143. The van der Waals surface area contributed by atoms with Gasteiger partial charge in [-0.3, -0.25) is 4.79 Å². The van der Waals surface area contributed by atoms with E-state index in [-0.39, 0.29) is 11.6 Å². The summed E-state index contributed by atoms with van der Waals surface area (Å²) in [4.78, 5) is 11.8.